The van der Waals surface area contributed by atoms with E-state index in [1.54, 1.807) is 13.0 Å². The molecule has 0 unspecified atom stereocenters. The van der Waals surface area contributed by atoms with Crippen LogP contribution in [0.25, 0.3) is 6.08 Å². The van der Waals surface area contributed by atoms with Gasteiger partial charge in [-0.15, -0.1) is 0 Å². The predicted molar refractivity (Wildman–Crippen MR) is 60.9 cm³/mol. The highest BCUT2D eigenvalue weighted by Gasteiger charge is 2.11. The van der Waals surface area contributed by atoms with Crippen LogP contribution >= 0.6 is 0 Å². The molecule has 1 heterocycles. The highest BCUT2D eigenvalue weighted by atomic mass is 16.5. The van der Waals surface area contributed by atoms with E-state index in [4.69, 9.17) is 9.15 Å². The van der Waals surface area contributed by atoms with Crippen LogP contribution in [0.3, 0.4) is 0 Å². The van der Waals surface area contributed by atoms with Gasteiger partial charge in [0.15, 0.2) is 5.69 Å². The summed E-state index contributed by atoms with van der Waals surface area (Å²) < 4.78 is 9.91. The van der Waals surface area contributed by atoms with E-state index in [9.17, 15) is 4.79 Å². The molecule has 0 bridgehead atoms. The van der Waals surface area contributed by atoms with E-state index in [1.807, 2.05) is 6.08 Å². The number of carbonyl (C=O) groups is 1. The minimum absolute atomic E-state index is 0.214. The summed E-state index contributed by atoms with van der Waals surface area (Å²) in [5, 5.41) is 0. The third-order valence-electron chi connectivity index (χ3n) is 1.87. The number of ether oxygens (including phenoxy) is 1. The molecular formula is C12H17NO3. The molecule has 0 aliphatic carbocycles. The molecule has 88 valence electrons. The fourth-order valence-corrected chi connectivity index (χ4v) is 1.10. The van der Waals surface area contributed by atoms with Gasteiger partial charge in [0.1, 0.15) is 6.26 Å². The summed E-state index contributed by atoms with van der Waals surface area (Å²) in [6.45, 7) is 6.35. The molecule has 0 saturated heterocycles. The Balaban J connectivity index is 2.57. The average Bonchev–Trinajstić information content (AvgIpc) is 2.66. The number of nitrogens with zero attached hydrogens (tertiary/aromatic N) is 1. The van der Waals surface area contributed by atoms with E-state index in [0.29, 0.717) is 18.4 Å². The van der Waals surface area contributed by atoms with Gasteiger partial charge in [0.25, 0.3) is 0 Å². The van der Waals surface area contributed by atoms with Crippen molar-refractivity contribution in [2.75, 3.05) is 6.61 Å². The molecule has 0 spiro atoms. The number of oxazole rings is 1. The summed E-state index contributed by atoms with van der Waals surface area (Å²) in [5.41, 5.74) is 0.214. The van der Waals surface area contributed by atoms with E-state index >= 15 is 0 Å². The Morgan fingerprint density at radius 3 is 3.00 bits per heavy atom. The lowest BCUT2D eigenvalue weighted by atomic mass is 10.1. The molecule has 1 aromatic heterocycles. The van der Waals surface area contributed by atoms with Crippen LogP contribution in [0.5, 0.6) is 0 Å². The van der Waals surface area contributed by atoms with Crippen molar-refractivity contribution in [3.63, 3.8) is 0 Å². The molecule has 4 nitrogen and oxygen atoms in total. The van der Waals surface area contributed by atoms with Crippen molar-refractivity contribution in [2.24, 2.45) is 5.92 Å². The molecule has 0 fully saturated rings. The van der Waals surface area contributed by atoms with E-state index in [2.05, 4.69) is 18.8 Å². The van der Waals surface area contributed by atoms with Gasteiger partial charge in [0.2, 0.25) is 5.89 Å². The van der Waals surface area contributed by atoms with E-state index in [-0.39, 0.29) is 5.69 Å². The van der Waals surface area contributed by atoms with Crippen molar-refractivity contribution in [3.05, 3.63) is 23.9 Å². The molecule has 0 atom stereocenters. The smallest absolute Gasteiger partial charge is 0.360 e. The standard InChI is InChI=1S/C12H17NO3/c1-4-15-12(14)10-8-16-11(13-10)7-5-6-9(2)3/h5,7-9H,4,6H2,1-3H3/b7-5+. The average molecular weight is 223 g/mol. The van der Waals surface area contributed by atoms with Crippen LogP contribution in [0.2, 0.25) is 0 Å². The van der Waals surface area contributed by atoms with Crippen LogP contribution in [-0.2, 0) is 4.74 Å². The van der Waals surface area contributed by atoms with Gasteiger partial charge in [-0.05, 0) is 25.3 Å². The van der Waals surface area contributed by atoms with Crippen molar-refractivity contribution in [2.45, 2.75) is 27.2 Å². The van der Waals surface area contributed by atoms with Crippen LogP contribution < -0.4 is 0 Å². The van der Waals surface area contributed by atoms with Gasteiger partial charge in [-0.3, -0.25) is 0 Å². The summed E-state index contributed by atoms with van der Waals surface area (Å²) >= 11 is 0. The molecule has 1 aromatic rings. The Morgan fingerprint density at radius 1 is 1.62 bits per heavy atom. The topological polar surface area (TPSA) is 52.3 Å². The lowest BCUT2D eigenvalue weighted by molar-refractivity contribution is 0.0519. The summed E-state index contributed by atoms with van der Waals surface area (Å²) in [6, 6.07) is 0. The Labute approximate surface area is 95.3 Å². The van der Waals surface area contributed by atoms with Gasteiger partial charge in [-0.25, -0.2) is 9.78 Å². The number of aromatic nitrogens is 1. The summed E-state index contributed by atoms with van der Waals surface area (Å²) in [4.78, 5) is 15.3. The zero-order chi connectivity index (χ0) is 12.0. The van der Waals surface area contributed by atoms with Crippen LogP contribution in [0.1, 0.15) is 43.6 Å². The van der Waals surface area contributed by atoms with Gasteiger partial charge in [-0.2, -0.15) is 0 Å². The summed E-state index contributed by atoms with van der Waals surface area (Å²) in [5.74, 6) is 0.578. The van der Waals surface area contributed by atoms with Crippen LogP contribution in [0.15, 0.2) is 16.8 Å². The summed E-state index contributed by atoms with van der Waals surface area (Å²) in [6.07, 6.45) is 6.01. The van der Waals surface area contributed by atoms with Crippen molar-refractivity contribution >= 4 is 12.0 Å². The van der Waals surface area contributed by atoms with Crippen LogP contribution in [0.4, 0.5) is 0 Å². The fourth-order valence-electron chi connectivity index (χ4n) is 1.10. The number of allylic oxidation sites excluding steroid dienone is 1. The zero-order valence-corrected chi connectivity index (χ0v) is 9.90. The van der Waals surface area contributed by atoms with Gasteiger partial charge >= 0.3 is 5.97 Å². The van der Waals surface area contributed by atoms with Gasteiger partial charge in [0, 0.05) is 0 Å². The monoisotopic (exact) mass is 223 g/mol. The largest absolute Gasteiger partial charge is 0.461 e. The lowest BCUT2D eigenvalue weighted by Crippen LogP contribution is -2.04. The first-order chi connectivity index (χ1) is 7.63. The van der Waals surface area contributed by atoms with Gasteiger partial charge in [0.05, 0.1) is 6.61 Å². The number of carbonyl (C=O) groups excluding carboxylic acids is 1. The molecular weight excluding hydrogens is 206 g/mol. The predicted octanol–water partition coefficient (Wildman–Crippen LogP) is 2.91. The fraction of sp³-hybridized carbons (Fsp3) is 0.500. The molecule has 0 aliphatic rings. The second kappa shape index (κ2) is 6.10. The molecule has 0 aromatic carbocycles. The Hall–Kier alpha value is -1.58. The molecule has 1 rings (SSSR count). The van der Waals surface area contributed by atoms with Crippen molar-refractivity contribution in [1.29, 1.82) is 0 Å². The number of hydrogen-bond acceptors (Lipinski definition) is 4. The van der Waals surface area contributed by atoms with Gasteiger partial charge in [-0.1, -0.05) is 19.9 Å². The molecule has 0 N–H and O–H groups in total. The van der Waals surface area contributed by atoms with Crippen LogP contribution in [0, 0.1) is 5.92 Å². The van der Waals surface area contributed by atoms with Crippen molar-refractivity contribution in [1.82, 2.24) is 4.98 Å². The maximum absolute atomic E-state index is 11.3. The normalized spacial score (nSPS) is 11.2. The molecule has 0 amide bonds. The second-order valence-corrected chi connectivity index (χ2v) is 3.82. The van der Waals surface area contributed by atoms with Gasteiger partial charge < -0.3 is 9.15 Å². The number of esters is 1. The quantitative estimate of drug-likeness (QED) is 0.720. The molecule has 16 heavy (non-hydrogen) atoms. The number of hydrogen-bond donors (Lipinski definition) is 0. The minimum Gasteiger partial charge on any atom is -0.461 e. The van der Waals surface area contributed by atoms with Crippen LogP contribution in [-0.4, -0.2) is 17.6 Å². The third kappa shape index (κ3) is 3.88. The van der Waals surface area contributed by atoms with Crippen molar-refractivity contribution < 1.29 is 13.9 Å². The highest BCUT2D eigenvalue weighted by Crippen LogP contribution is 2.08. The molecule has 0 radical (unpaired) electrons. The zero-order valence-electron chi connectivity index (χ0n) is 9.90. The highest BCUT2D eigenvalue weighted by molar-refractivity contribution is 5.86. The minimum atomic E-state index is -0.449. The Morgan fingerprint density at radius 2 is 2.38 bits per heavy atom. The first kappa shape index (κ1) is 12.5. The van der Waals surface area contributed by atoms with E-state index in [1.165, 1.54) is 6.26 Å². The SMILES string of the molecule is CCOC(=O)c1coc(/C=C/CC(C)C)n1. The van der Waals surface area contributed by atoms with E-state index in [0.717, 1.165) is 6.42 Å². The summed E-state index contributed by atoms with van der Waals surface area (Å²) in [7, 11) is 0. The maximum atomic E-state index is 11.3. The Bertz CT molecular complexity index is 366. The first-order valence-corrected chi connectivity index (χ1v) is 5.42. The molecule has 0 saturated carbocycles. The molecule has 0 aliphatic heterocycles. The third-order valence-corrected chi connectivity index (χ3v) is 1.87. The maximum Gasteiger partial charge on any atom is 0.360 e. The van der Waals surface area contributed by atoms with E-state index < -0.39 is 5.97 Å². The number of rotatable bonds is 5. The lowest BCUT2D eigenvalue weighted by Gasteiger charge is -1.95. The van der Waals surface area contributed by atoms with Crippen molar-refractivity contribution in [3.8, 4) is 0 Å². The Kier molecular flexibility index (Phi) is 4.76. The first-order valence-electron chi connectivity index (χ1n) is 5.42. The second-order valence-electron chi connectivity index (χ2n) is 3.82. The molecule has 4 heteroatoms.